The molecule has 32 heavy (non-hydrogen) atoms. The van der Waals surface area contributed by atoms with E-state index in [1.165, 1.54) is 7.11 Å². The number of hydrogen-bond donors (Lipinski definition) is 1. The Morgan fingerprint density at radius 3 is 2.56 bits per heavy atom. The quantitative estimate of drug-likeness (QED) is 0.313. The van der Waals surface area contributed by atoms with Gasteiger partial charge in [-0.2, -0.15) is 5.10 Å². The summed E-state index contributed by atoms with van der Waals surface area (Å²) in [4.78, 5) is 12.5. The lowest BCUT2D eigenvalue weighted by Gasteiger charge is -2.14. The average Bonchev–Trinajstić information content (AvgIpc) is 2.79. The zero-order valence-electron chi connectivity index (χ0n) is 18.2. The topological polar surface area (TPSA) is 69.2 Å². The molecular weight excluding hydrogens is 472 g/mol. The Balaban J connectivity index is 1.73. The summed E-state index contributed by atoms with van der Waals surface area (Å²) in [6.07, 6.45) is 1.55. The van der Waals surface area contributed by atoms with Crippen molar-refractivity contribution >= 4 is 28.1 Å². The molecule has 0 bridgehead atoms. The fourth-order valence-corrected chi connectivity index (χ4v) is 3.58. The van der Waals surface area contributed by atoms with Crippen LogP contribution >= 0.6 is 15.9 Å². The van der Waals surface area contributed by atoms with Gasteiger partial charge in [0.25, 0.3) is 5.91 Å². The first-order valence-electron chi connectivity index (χ1n) is 10.1. The zero-order valence-corrected chi connectivity index (χ0v) is 19.8. The molecule has 0 fully saturated rings. The zero-order chi connectivity index (χ0) is 22.9. The SMILES string of the molecule is CCOc1cc(/C=N\NC(=O)c2ccc(C)cc2OC)cc(Br)c1OCc1ccccc1. The lowest BCUT2D eigenvalue weighted by Crippen LogP contribution is -2.18. The summed E-state index contributed by atoms with van der Waals surface area (Å²) in [5, 5.41) is 4.08. The number of ether oxygens (including phenoxy) is 3. The number of methoxy groups -OCH3 is 1. The number of aryl methyl sites for hydroxylation is 1. The van der Waals surface area contributed by atoms with Crippen molar-refractivity contribution in [3.63, 3.8) is 0 Å². The van der Waals surface area contributed by atoms with Gasteiger partial charge in [-0.05, 0) is 70.7 Å². The molecule has 166 valence electrons. The maximum absolute atomic E-state index is 12.5. The number of benzene rings is 3. The van der Waals surface area contributed by atoms with Crippen LogP contribution in [-0.2, 0) is 6.61 Å². The van der Waals surface area contributed by atoms with E-state index in [1.807, 2.05) is 62.4 Å². The lowest BCUT2D eigenvalue weighted by molar-refractivity contribution is 0.0952. The molecule has 1 N–H and O–H groups in total. The van der Waals surface area contributed by atoms with Crippen LogP contribution in [0.25, 0.3) is 0 Å². The van der Waals surface area contributed by atoms with Crippen molar-refractivity contribution in [3.05, 3.63) is 87.4 Å². The van der Waals surface area contributed by atoms with Crippen molar-refractivity contribution in [2.24, 2.45) is 5.10 Å². The number of carbonyl (C=O) groups excluding carboxylic acids is 1. The fraction of sp³-hybridized carbons (Fsp3) is 0.200. The van der Waals surface area contributed by atoms with Crippen LogP contribution in [0.4, 0.5) is 0 Å². The first-order valence-corrected chi connectivity index (χ1v) is 10.9. The fourth-order valence-electron chi connectivity index (χ4n) is 3.01. The van der Waals surface area contributed by atoms with E-state index in [0.29, 0.717) is 36.0 Å². The van der Waals surface area contributed by atoms with Gasteiger partial charge in [-0.25, -0.2) is 5.43 Å². The van der Waals surface area contributed by atoms with Crippen LogP contribution in [-0.4, -0.2) is 25.8 Å². The highest BCUT2D eigenvalue weighted by Gasteiger charge is 2.13. The van der Waals surface area contributed by atoms with Gasteiger partial charge in [-0.1, -0.05) is 36.4 Å². The van der Waals surface area contributed by atoms with Gasteiger partial charge in [0.1, 0.15) is 12.4 Å². The summed E-state index contributed by atoms with van der Waals surface area (Å²) in [7, 11) is 1.53. The van der Waals surface area contributed by atoms with Gasteiger partial charge in [0, 0.05) is 0 Å². The van der Waals surface area contributed by atoms with E-state index in [1.54, 1.807) is 18.3 Å². The molecule has 0 aromatic heterocycles. The van der Waals surface area contributed by atoms with Crippen LogP contribution < -0.4 is 19.6 Å². The average molecular weight is 497 g/mol. The Hall–Kier alpha value is -3.32. The molecule has 0 unspecified atom stereocenters. The second-order valence-corrected chi connectivity index (χ2v) is 7.79. The van der Waals surface area contributed by atoms with Gasteiger partial charge in [-0.15, -0.1) is 0 Å². The van der Waals surface area contributed by atoms with Crippen molar-refractivity contribution in [2.45, 2.75) is 20.5 Å². The largest absolute Gasteiger partial charge is 0.496 e. The molecule has 6 nitrogen and oxygen atoms in total. The first kappa shape index (κ1) is 23.3. The van der Waals surface area contributed by atoms with Crippen molar-refractivity contribution < 1.29 is 19.0 Å². The molecule has 7 heteroatoms. The highest BCUT2D eigenvalue weighted by Crippen LogP contribution is 2.37. The van der Waals surface area contributed by atoms with Gasteiger partial charge in [0.05, 0.1) is 30.0 Å². The van der Waals surface area contributed by atoms with Gasteiger partial charge >= 0.3 is 0 Å². The van der Waals surface area contributed by atoms with Crippen LogP contribution in [0.1, 0.15) is 34.0 Å². The smallest absolute Gasteiger partial charge is 0.275 e. The number of nitrogens with zero attached hydrogens (tertiary/aromatic N) is 1. The van der Waals surface area contributed by atoms with Crippen LogP contribution in [0.15, 0.2) is 70.2 Å². The number of rotatable bonds is 9. The first-order chi connectivity index (χ1) is 15.5. The normalized spacial score (nSPS) is 10.8. The molecule has 3 rings (SSSR count). The summed E-state index contributed by atoms with van der Waals surface area (Å²) < 4.78 is 17.8. The third kappa shape index (κ3) is 6.11. The summed E-state index contributed by atoms with van der Waals surface area (Å²) in [5.41, 5.74) is 5.75. The van der Waals surface area contributed by atoms with E-state index in [4.69, 9.17) is 14.2 Å². The maximum atomic E-state index is 12.5. The minimum atomic E-state index is -0.356. The Morgan fingerprint density at radius 1 is 1.06 bits per heavy atom. The number of amides is 1. The number of carbonyl (C=O) groups is 1. The van der Waals surface area contributed by atoms with Crippen molar-refractivity contribution in [3.8, 4) is 17.2 Å². The minimum Gasteiger partial charge on any atom is -0.496 e. The summed E-state index contributed by atoms with van der Waals surface area (Å²) in [6, 6.07) is 18.9. The molecule has 0 saturated carbocycles. The number of hydrogen-bond acceptors (Lipinski definition) is 5. The molecular formula is C25H25BrN2O4. The van der Waals surface area contributed by atoms with E-state index in [9.17, 15) is 4.79 Å². The van der Waals surface area contributed by atoms with Gasteiger partial charge < -0.3 is 14.2 Å². The molecule has 3 aromatic rings. The predicted molar refractivity (Wildman–Crippen MR) is 129 cm³/mol. The Bertz CT molecular complexity index is 1100. The second kappa shape index (κ2) is 11.3. The highest BCUT2D eigenvalue weighted by molar-refractivity contribution is 9.10. The van der Waals surface area contributed by atoms with Gasteiger partial charge in [-0.3, -0.25) is 4.79 Å². The van der Waals surface area contributed by atoms with E-state index >= 15 is 0 Å². The van der Waals surface area contributed by atoms with E-state index < -0.39 is 0 Å². The molecule has 0 aliphatic heterocycles. The Labute approximate surface area is 196 Å². The summed E-state index contributed by atoms with van der Waals surface area (Å²) >= 11 is 3.55. The number of hydrazone groups is 1. The molecule has 0 saturated heterocycles. The van der Waals surface area contributed by atoms with Crippen LogP contribution in [0.5, 0.6) is 17.2 Å². The Kier molecular flexibility index (Phi) is 8.27. The lowest BCUT2D eigenvalue weighted by atomic mass is 10.1. The highest BCUT2D eigenvalue weighted by atomic mass is 79.9. The Morgan fingerprint density at radius 2 is 1.84 bits per heavy atom. The molecule has 3 aromatic carbocycles. The molecule has 0 heterocycles. The third-order valence-electron chi connectivity index (χ3n) is 4.54. The number of nitrogens with one attached hydrogen (secondary N) is 1. The van der Waals surface area contributed by atoms with E-state index in [0.717, 1.165) is 21.2 Å². The maximum Gasteiger partial charge on any atom is 0.275 e. The predicted octanol–water partition coefficient (Wildman–Crippen LogP) is 5.51. The third-order valence-corrected chi connectivity index (χ3v) is 5.13. The van der Waals surface area contributed by atoms with E-state index in [2.05, 4.69) is 26.5 Å². The molecule has 1 amide bonds. The molecule has 0 atom stereocenters. The summed E-state index contributed by atoms with van der Waals surface area (Å²) in [6.45, 7) is 4.74. The van der Waals surface area contributed by atoms with Crippen molar-refractivity contribution in [2.75, 3.05) is 13.7 Å². The summed E-state index contributed by atoms with van der Waals surface area (Å²) in [5.74, 6) is 1.34. The van der Waals surface area contributed by atoms with Crippen LogP contribution in [0, 0.1) is 6.92 Å². The van der Waals surface area contributed by atoms with Crippen molar-refractivity contribution in [1.29, 1.82) is 0 Å². The van der Waals surface area contributed by atoms with Crippen LogP contribution in [0.3, 0.4) is 0 Å². The molecule has 0 spiro atoms. The molecule has 0 radical (unpaired) electrons. The van der Waals surface area contributed by atoms with Crippen molar-refractivity contribution in [1.82, 2.24) is 5.43 Å². The molecule has 0 aliphatic carbocycles. The monoisotopic (exact) mass is 496 g/mol. The van der Waals surface area contributed by atoms with Gasteiger partial charge in [0.15, 0.2) is 11.5 Å². The number of halogens is 1. The van der Waals surface area contributed by atoms with Crippen LogP contribution in [0.2, 0.25) is 0 Å². The second-order valence-electron chi connectivity index (χ2n) is 6.94. The minimum absolute atomic E-state index is 0.356. The van der Waals surface area contributed by atoms with E-state index in [-0.39, 0.29) is 5.91 Å². The molecule has 0 aliphatic rings. The van der Waals surface area contributed by atoms with Gasteiger partial charge in [0.2, 0.25) is 0 Å². The standard InChI is InChI=1S/C25H25BrN2O4/c1-4-31-23-14-19(13-21(26)24(23)32-16-18-8-6-5-7-9-18)15-27-28-25(29)20-11-10-17(2)12-22(20)30-3/h5-15H,4,16H2,1-3H3,(H,28,29)/b27-15-.